The average Bonchev–Trinajstić information content (AvgIpc) is 2.63. The standard InChI is InChI=1S/C19H16BrN3O2/c20-14-6-8-15(9-7-14)21-12-19(25)23-22-11-17-16-4-2-1-3-13(16)5-10-18(17)24/h1-11,21,24H,12H2,(H,23,25)/b22-11-. The van der Waals surface area contributed by atoms with Crippen LogP contribution in [0.2, 0.25) is 0 Å². The second-order valence-electron chi connectivity index (χ2n) is 5.37. The molecular formula is C19H16BrN3O2. The van der Waals surface area contributed by atoms with E-state index in [-0.39, 0.29) is 18.2 Å². The number of carbonyl (C=O) groups is 1. The van der Waals surface area contributed by atoms with E-state index in [0.717, 1.165) is 20.9 Å². The number of rotatable bonds is 5. The minimum Gasteiger partial charge on any atom is -0.507 e. The van der Waals surface area contributed by atoms with Crippen LogP contribution in [0, 0.1) is 0 Å². The first kappa shape index (κ1) is 17.0. The van der Waals surface area contributed by atoms with E-state index in [1.807, 2.05) is 54.6 Å². The molecule has 0 fully saturated rings. The van der Waals surface area contributed by atoms with Crippen LogP contribution in [-0.2, 0) is 4.79 Å². The monoisotopic (exact) mass is 397 g/mol. The van der Waals surface area contributed by atoms with E-state index in [9.17, 15) is 9.90 Å². The molecule has 3 rings (SSSR count). The van der Waals surface area contributed by atoms with Crippen molar-refractivity contribution in [3.05, 3.63) is 70.7 Å². The number of phenolic OH excluding ortho intramolecular Hbond substituents is 1. The van der Waals surface area contributed by atoms with Gasteiger partial charge >= 0.3 is 0 Å². The Morgan fingerprint density at radius 2 is 1.84 bits per heavy atom. The Labute approximate surface area is 153 Å². The number of nitrogens with one attached hydrogen (secondary N) is 2. The maximum atomic E-state index is 11.9. The van der Waals surface area contributed by atoms with Crippen molar-refractivity contribution in [2.45, 2.75) is 0 Å². The third-order valence-electron chi connectivity index (χ3n) is 3.63. The van der Waals surface area contributed by atoms with Gasteiger partial charge in [-0.25, -0.2) is 5.43 Å². The van der Waals surface area contributed by atoms with Crippen LogP contribution < -0.4 is 10.7 Å². The fraction of sp³-hybridized carbons (Fsp3) is 0.0526. The zero-order valence-electron chi connectivity index (χ0n) is 13.2. The van der Waals surface area contributed by atoms with Crippen LogP contribution in [-0.4, -0.2) is 23.8 Å². The van der Waals surface area contributed by atoms with Crippen LogP contribution in [0.5, 0.6) is 5.75 Å². The molecule has 0 bridgehead atoms. The third kappa shape index (κ3) is 4.36. The minimum atomic E-state index is -0.279. The van der Waals surface area contributed by atoms with Crippen molar-refractivity contribution in [1.29, 1.82) is 0 Å². The predicted octanol–water partition coefficient (Wildman–Crippen LogP) is 3.87. The Hall–Kier alpha value is -2.86. The average molecular weight is 398 g/mol. The molecule has 0 aromatic heterocycles. The van der Waals surface area contributed by atoms with E-state index in [0.29, 0.717) is 5.56 Å². The molecule has 0 radical (unpaired) electrons. The molecule has 3 aromatic carbocycles. The number of halogens is 1. The maximum absolute atomic E-state index is 11.9. The molecule has 5 nitrogen and oxygen atoms in total. The Bertz CT molecular complexity index is 924. The summed E-state index contributed by atoms with van der Waals surface area (Å²) >= 11 is 3.36. The fourth-order valence-corrected chi connectivity index (χ4v) is 2.64. The lowest BCUT2D eigenvalue weighted by Gasteiger charge is -2.06. The molecule has 0 atom stereocenters. The number of amides is 1. The Kier molecular flexibility index (Phi) is 5.30. The van der Waals surface area contributed by atoms with Gasteiger partial charge in [0, 0.05) is 15.7 Å². The van der Waals surface area contributed by atoms with E-state index < -0.39 is 0 Å². The van der Waals surface area contributed by atoms with Gasteiger partial charge in [-0.2, -0.15) is 5.10 Å². The summed E-state index contributed by atoms with van der Waals surface area (Å²) in [6.45, 7) is 0.0977. The van der Waals surface area contributed by atoms with Gasteiger partial charge in [-0.1, -0.05) is 46.3 Å². The summed E-state index contributed by atoms with van der Waals surface area (Å²) in [6.07, 6.45) is 1.45. The van der Waals surface area contributed by atoms with Gasteiger partial charge in [0.2, 0.25) is 0 Å². The molecule has 0 saturated carbocycles. The summed E-state index contributed by atoms with van der Waals surface area (Å²) in [6, 6.07) is 18.6. The van der Waals surface area contributed by atoms with Gasteiger partial charge in [0.15, 0.2) is 0 Å². The van der Waals surface area contributed by atoms with Crippen molar-refractivity contribution in [3.8, 4) is 5.75 Å². The Morgan fingerprint density at radius 3 is 2.64 bits per heavy atom. The van der Waals surface area contributed by atoms with E-state index in [2.05, 4.69) is 31.8 Å². The number of nitrogens with zero attached hydrogens (tertiary/aromatic N) is 1. The maximum Gasteiger partial charge on any atom is 0.259 e. The number of aromatic hydroxyl groups is 1. The number of hydrogen-bond donors (Lipinski definition) is 3. The van der Waals surface area contributed by atoms with Crippen LogP contribution in [0.4, 0.5) is 5.69 Å². The highest BCUT2D eigenvalue weighted by atomic mass is 79.9. The molecule has 6 heteroatoms. The number of benzene rings is 3. The van der Waals surface area contributed by atoms with E-state index in [4.69, 9.17) is 0 Å². The number of fused-ring (bicyclic) bond motifs is 1. The van der Waals surface area contributed by atoms with Crippen molar-refractivity contribution in [3.63, 3.8) is 0 Å². The van der Waals surface area contributed by atoms with Crippen LogP contribution in [0.3, 0.4) is 0 Å². The molecule has 0 saturated heterocycles. The molecule has 0 heterocycles. The summed E-state index contributed by atoms with van der Waals surface area (Å²) in [5, 5.41) is 18.8. The van der Waals surface area contributed by atoms with Gasteiger partial charge in [-0.05, 0) is 41.1 Å². The van der Waals surface area contributed by atoms with Gasteiger partial charge in [0.25, 0.3) is 5.91 Å². The molecule has 0 aliphatic rings. The summed E-state index contributed by atoms with van der Waals surface area (Å²) in [5.41, 5.74) is 3.86. The van der Waals surface area contributed by atoms with Crippen LogP contribution in [0.1, 0.15) is 5.56 Å². The van der Waals surface area contributed by atoms with Crippen molar-refractivity contribution in [1.82, 2.24) is 5.43 Å². The van der Waals surface area contributed by atoms with E-state index in [1.54, 1.807) is 6.07 Å². The number of phenols is 1. The first-order chi connectivity index (χ1) is 12.1. The van der Waals surface area contributed by atoms with Gasteiger partial charge in [-0.15, -0.1) is 0 Å². The fourth-order valence-electron chi connectivity index (χ4n) is 2.38. The highest BCUT2D eigenvalue weighted by Gasteiger charge is 2.05. The second-order valence-corrected chi connectivity index (χ2v) is 6.29. The number of carbonyl (C=O) groups excluding carboxylic acids is 1. The van der Waals surface area contributed by atoms with Gasteiger partial charge in [0.05, 0.1) is 12.8 Å². The van der Waals surface area contributed by atoms with E-state index >= 15 is 0 Å². The van der Waals surface area contributed by atoms with Gasteiger partial charge in [0.1, 0.15) is 5.75 Å². The summed E-state index contributed by atoms with van der Waals surface area (Å²) < 4.78 is 0.974. The lowest BCUT2D eigenvalue weighted by Crippen LogP contribution is -2.25. The van der Waals surface area contributed by atoms with Crippen molar-refractivity contribution < 1.29 is 9.90 Å². The highest BCUT2D eigenvalue weighted by Crippen LogP contribution is 2.25. The molecular weight excluding hydrogens is 382 g/mol. The molecule has 0 aliphatic carbocycles. The molecule has 126 valence electrons. The highest BCUT2D eigenvalue weighted by molar-refractivity contribution is 9.10. The molecule has 3 N–H and O–H groups in total. The molecule has 3 aromatic rings. The summed E-state index contributed by atoms with van der Waals surface area (Å²) in [7, 11) is 0. The zero-order chi connectivity index (χ0) is 17.6. The number of hydrogen-bond acceptors (Lipinski definition) is 4. The minimum absolute atomic E-state index is 0.0977. The van der Waals surface area contributed by atoms with E-state index in [1.165, 1.54) is 6.21 Å². The first-order valence-corrected chi connectivity index (χ1v) is 8.45. The Morgan fingerprint density at radius 1 is 1.08 bits per heavy atom. The van der Waals surface area contributed by atoms with Crippen LogP contribution in [0.15, 0.2) is 70.2 Å². The largest absolute Gasteiger partial charge is 0.507 e. The first-order valence-electron chi connectivity index (χ1n) is 7.65. The van der Waals surface area contributed by atoms with Crippen LogP contribution >= 0.6 is 15.9 Å². The van der Waals surface area contributed by atoms with Gasteiger partial charge < -0.3 is 10.4 Å². The third-order valence-corrected chi connectivity index (χ3v) is 4.16. The van der Waals surface area contributed by atoms with Crippen molar-refractivity contribution >= 4 is 44.5 Å². The molecule has 25 heavy (non-hydrogen) atoms. The Balaban J connectivity index is 1.62. The van der Waals surface area contributed by atoms with Crippen molar-refractivity contribution in [2.75, 3.05) is 11.9 Å². The molecule has 1 amide bonds. The van der Waals surface area contributed by atoms with Crippen LogP contribution in [0.25, 0.3) is 10.8 Å². The lowest BCUT2D eigenvalue weighted by atomic mass is 10.0. The lowest BCUT2D eigenvalue weighted by molar-refractivity contribution is -0.119. The predicted molar refractivity (Wildman–Crippen MR) is 104 cm³/mol. The molecule has 0 unspecified atom stereocenters. The normalized spacial score (nSPS) is 10.9. The number of hydrazone groups is 1. The topological polar surface area (TPSA) is 73.7 Å². The molecule has 0 aliphatic heterocycles. The second kappa shape index (κ2) is 7.81. The van der Waals surface area contributed by atoms with Crippen molar-refractivity contribution in [2.24, 2.45) is 5.10 Å². The quantitative estimate of drug-likeness (QED) is 0.451. The SMILES string of the molecule is O=C(CNc1ccc(Br)cc1)N/N=C\c1c(O)ccc2ccccc12. The van der Waals surface area contributed by atoms with Gasteiger partial charge in [-0.3, -0.25) is 4.79 Å². The summed E-state index contributed by atoms with van der Waals surface area (Å²) in [4.78, 5) is 11.9. The molecule has 0 spiro atoms. The summed E-state index contributed by atoms with van der Waals surface area (Å²) in [5.74, 6) is -0.163. The smallest absolute Gasteiger partial charge is 0.259 e. The number of anilines is 1. The zero-order valence-corrected chi connectivity index (χ0v) is 14.8.